The second-order valence-corrected chi connectivity index (χ2v) is 6.26. The fraction of sp³-hybridized carbons (Fsp3) is 0. The van der Waals surface area contributed by atoms with Crippen molar-refractivity contribution in [2.45, 2.75) is 0 Å². The highest BCUT2D eigenvalue weighted by molar-refractivity contribution is 5.75. The molecule has 0 fully saturated rings. The molecule has 2 heteroatoms. The van der Waals surface area contributed by atoms with Gasteiger partial charge in [-0.1, -0.05) is 66.7 Å². The first-order valence-corrected chi connectivity index (χ1v) is 8.61. The maximum atomic E-state index is 6.03. The molecule has 0 aromatic heterocycles. The van der Waals surface area contributed by atoms with Gasteiger partial charge < -0.3 is 9.47 Å². The molecule has 4 aromatic carbocycles. The van der Waals surface area contributed by atoms with E-state index in [1.54, 1.807) is 0 Å². The van der Waals surface area contributed by atoms with Gasteiger partial charge in [0.1, 0.15) is 0 Å². The average molecular weight is 336 g/mol. The highest BCUT2D eigenvalue weighted by Crippen LogP contribution is 2.46. The van der Waals surface area contributed by atoms with Crippen LogP contribution in [0.5, 0.6) is 23.0 Å². The average Bonchev–Trinajstić information content (AvgIpc) is 2.72. The van der Waals surface area contributed by atoms with Crippen molar-refractivity contribution in [2.75, 3.05) is 0 Å². The lowest BCUT2D eigenvalue weighted by Crippen LogP contribution is -1.98. The van der Waals surface area contributed by atoms with Crippen molar-refractivity contribution in [3.05, 3.63) is 97.1 Å². The van der Waals surface area contributed by atoms with Crippen LogP contribution in [-0.4, -0.2) is 0 Å². The Labute approximate surface area is 152 Å². The van der Waals surface area contributed by atoms with Crippen molar-refractivity contribution in [1.82, 2.24) is 0 Å². The first-order chi connectivity index (χ1) is 12.9. The molecule has 0 bridgehead atoms. The largest absolute Gasteiger partial charge is 0.450 e. The molecule has 0 saturated heterocycles. The third kappa shape index (κ3) is 2.62. The Bertz CT molecular complexity index is 1080. The zero-order chi connectivity index (χ0) is 17.3. The van der Waals surface area contributed by atoms with Crippen molar-refractivity contribution < 1.29 is 9.47 Å². The van der Waals surface area contributed by atoms with Crippen molar-refractivity contribution in [2.24, 2.45) is 0 Å². The van der Waals surface area contributed by atoms with Gasteiger partial charge in [-0.2, -0.15) is 0 Å². The monoisotopic (exact) mass is 336 g/mol. The van der Waals surface area contributed by atoms with Gasteiger partial charge in [-0.25, -0.2) is 0 Å². The van der Waals surface area contributed by atoms with E-state index in [1.165, 1.54) is 11.1 Å². The maximum absolute atomic E-state index is 6.03. The Morgan fingerprint density at radius 3 is 1.65 bits per heavy atom. The molecule has 0 unspecified atom stereocenters. The van der Waals surface area contributed by atoms with E-state index in [1.807, 2.05) is 42.5 Å². The summed E-state index contributed by atoms with van der Waals surface area (Å²) >= 11 is 0. The van der Waals surface area contributed by atoms with Crippen molar-refractivity contribution >= 4 is 0 Å². The highest BCUT2D eigenvalue weighted by Gasteiger charge is 2.18. The van der Waals surface area contributed by atoms with Gasteiger partial charge in [0.25, 0.3) is 0 Å². The SMILES string of the molecule is c1ccc(-c2cccc(-c3ccc4c(c3)Oc3ccccc3O4)c2)cc1. The number of para-hydroxylation sites is 2. The molecule has 0 N–H and O–H groups in total. The van der Waals surface area contributed by atoms with Crippen LogP contribution in [0.4, 0.5) is 0 Å². The van der Waals surface area contributed by atoms with Crippen LogP contribution < -0.4 is 9.47 Å². The molecule has 1 heterocycles. The summed E-state index contributed by atoms with van der Waals surface area (Å²) in [4.78, 5) is 0. The predicted molar refractivity (Wildman–Crippen MR) is 104 cm³/mol. The molecule has 0 radical (unpaired) electrons. The molecule has 124 valence electrons. The van der Waals surface area contributed by atoms with E-state index in [4.69, 9.17) is 9.47 Å². The highest BCUT2D eigenvalue weighted by atomic mass is 16.6. The zero-order valence-corrected chi connectivity index (χ0v) is 14.1. The van der Waals surface area contributed by atoms with Crippen LogP contribution in [0, 0.1) is 0 Å². The quantitative estimate of drug-likeness (QED) is 0.348. The minimum Gasteiger partial charge on any atom is -0.450 e. The van der Waals surface area contributed by atoms with Crippen molar-refractivity contribution in [1.29, 1.82) is 0 Å². The van der Waals surface area contributed by atoms with Crippen LogP contribution >= 0.6 is 0 Å². The lowest BCUT2D eigenvalue weighted by molar-refractivity contribution is 0.360. The molecule has 2 nitrogen and oxygen atoms in total. The fourth-order valence-corrected chi connectivity index (χ4v) is 3.22. The Morgan fingerprint density at radius 1 is 0.346 bits per heavy atom. The molecule has 0 spiro atoms. The molecule has 0 aliphatic carbocycles. The zero-order valence-electron chi connectivity index (χ0n) is 14.1. The normalized spacial score (nSPS) is 11.7. The van der Waals surface area contributed by atoms with Crippen LogP contribution in [0.2, 0.25) is 0 Å². The molecule has 0 saturated carbocycles. The Balaban J connectivity index is 1.53. The number of rotatable bonds is 2. The van der Waals surface area contributed by atoms with Crippen LogP contribution in [0.1, 0.15) is 0 Å². The summed E-state index contributed by atoms with van der Waals surface area (Å²) in [6.07, 6.45) is 0. The van der Waals surface area contributed by atoms with Gasteiger partial charge in [-0.05, 0) is 52.6 Å². The van der Waals surface area contributed by atoms with E-state index >= 15 is 0 Å². The van der Waals surface area contributed by atoms with Crippen LogP contribution in [-0.2, 0) is 0 Å². The fourth-order valence-electron chi connectivity index (χ4n) is 3.22. The molecule has 0 atom stereocenters. The topological polar surface area (TPSA) is 18.5 Å². The van der Waals surface area contributed by atoms with Gasteiger partial charge in [0.15, 0.2) is 23.0 Å². The standard InChI is InChI=1S/C24H16O2/c1-2-7-17(8-3-1)18-9-6-10-19(15-18)20-13-14-23-24(16-20)26-22-12-5-4-11-21(22)25-23/h1-16H. The summed E-state index contributed by atoms with van der Waals surface area (Å²) in [6.45, 7) is 0. The van der Waals surface area contributed by atoms with Gasteiger partial charge in [0.2, 0.25) is 0 Å². The van der Waals surface area contributed by atoms with Crippen LogP contribution in [0.3, 0.4) is 0 Å². The van der Waals surface area contributed by atoms with Crippen LogP contribution in [0.25, 0.3) is 22.3 Å². The number of ether oxygens (including phenoxy) is 2. The minimum atomic E-state index is 0.742. The maximum Gasteiger partial charge on any atom is 0.170 e. The lowest BCUT2D eigenvalue weighted by Gasteiger charge is -2.21. The van der Waals surface area contributed by atoms with Crippen molar-refractivity contribution in [3.63, 3.8) is 0 Å². The summed E-state index contributed by atoms with van der Waals surface area (Å²) in [5.41, 5.74) is 4.66. The van der Waals surface area contributed by atoms with E-state index in [0.717, 1.165) is 34.1 Å². The summed E-state index contributed by atoms with van der Waals surface area (Å²) < 4.78 is 12.0. The first kappa shape index (κ1) is 14.8. The van der Waals surface area contributed by atoms with Gasteiger partial charge in [0, 0.05) is 0 Å². The third-order valence-electron chi connectivity index (χ3n) is 4.54. The molecule has 0 amide bonds. The molecule has 26 heavy (non-hydrogen) atoms. The number of hydrogen-bond donors (Lipinski definition) is 0. The summed E-state index contributed by atoms with van der Waals surface area (Å²) in [7, 11) is 0. The number of benzene rings is 4. The molecule has 5 rings (SSSR count). The van der Waals surface area contributed by atoms with Crippen molar-refractivity contribution in [3.8, 4) is 45.3 Å². The Morgan fingerprint density at radius 2 is 0.885 bits per heavy atom. The first-order valence-electron chi connectivity index (χ1n) is 8.61. The second-order valence-electron chi connectivity index (χ2n) is 6.26. The summed E-state index contributed by atoms with van der Waals surface area (Å²) in [5, 5.41) is 0. The number of hydrogen-bond acceptors (Lipinski definition) is 2. The Kier molecular flexibility index (Phi) is 3.46. The minimum absolute atomic E-state index is 0.742. The van der Waals surface area contributed by atoms with E-state index in [0.29, 0.717) is 0 Å². The number of fused-ring (bicyclic) bond motifs is 2. The summed E-state index contributed by atoms with van der Waals surface area (Å²) in [5.74, 6) is 2.98. The Hall–Kier alpha value is -3.52. The third-order valence-corrected chi connectivity index (χ3v) is 4.54. The van der Waals surface area contributed by atoms with Gasteiger partial charge in [-0.3, -0.25) is 0 Å². The van der Waals surface area contributed by atoms with E-state index in [-0.39, 0.29) is 0 Å². The van der Waals surface area contributed by atoms with E-state index < -0.39 is 0 Å². The van der Waals surface area contributed by atoms with E-state index in [9.17, 15) is 0 Å². The predicted octanol–water partition coefficient (Wildman–Crippen LogP) is 6.92. The summed E-state index contributed by atoms with van der Waals surface area (Å²) in [6, 6.07) is 32.7. The molecular formula is C24H16O2. The van der Waals surface area contributed by atoms with Crippen LogP contribution in [0.15, 0.2) is 97.1 Å². The second kappa shape index (κ2) is 6.08. The molecule has 1 aliphatic heterocycles. The molecular weight excluding hydrogens is 320 g/mol. The van der Waals surface area contributed by atoms with E-state index in [2.05, 4.69) is 54.6 Å². The lowest BCUT2D eigenvalue weighted by atomic mass is 9.99. The molecule has 1 aliphatic rings. The van der Waals surface area contributed by atoms with Gasteiger partial charge in [0.05, 0.1) is 0 Å². The van der Waals surface area contributed by atoms with Gasteiger partial charge >= 0.3 is 0 Å². The van der Waals surface area contributed by atoms with Gasteiger partial charge in [-0.15, -0.1) is 0 Å². The molecule has 4 aromatic rings. The smallest absolute Gasteiger partial charge is 0.170 e.